The Balaban J connectivity index is 6.08. The maximum atomic E-state index is 13.6. The Morgan fingerprint density at radius 1 is 0.788 bits per heavy atom. The van der Waals surface area contributed by atoms with Crippen molar-refractivity contribution in [3.63, 3.8) is 0 Å². The number of ether oxygens (including phenoxy) is 1. The molecular formula is C38H64N6O8. The third kappa shape index (κ3) is 18.7. The fraction of sp³-hybridized carbons (Fsp3) is 0.632. The Morgan fingerprint density at radius 3 is 1.83 bits per heavy atom. The summed E-state index contributed by atoms with van der Waals surface area (Å²) in [5, 5.41) is 24.8. The number of primary amides is 1. The van der Waals surface area contributed by atoms with Crippen molar-refractivity contribution >= 4 is 35.6 Å². The molecule has 0 aliphatic rings. The second kappa shape index (κ2) is 23.2. The molecule has 294 valence electrons. The Morgan fingerprint density at radius 2 is 1.37 bits per heavy atom. The largest absolute Gasteiger partial charge is 0.444 e. The number of rotatable bonds is 23. The quantitative estimate of drug-likeness (QED) is 0.0611. The van der Waals surface area contributed by atoms with Crippen molar-refractivity contribution in [1.82, 2.24) is 26.6 Å². The molecular weight excluding hydrogens is 668 g/mol. The van der Waals surface area contributed by atoms with E-state index in [0.717, 1.165) is 5.57 Å². The first kappa shape index (κ1) is 47.5. The van der Waals surface area contributed by atoms with Crippen LogP contribution in [0.1, 0.15) is 88.0 Å². The number of aliphatic hydroxyl groups is 1. The number of hydrogen-bond acceptors (Lipinski definition) is 8. The zero-order valence-electron chi connectivity index (χ0n) is 32.5. The molecule has 0 fully saturated rings. The number of carbonyl (C=O) groups is 6. The van der Waals surface area contributed by atoms with Crippen LogP contribution in [0.15, 0.2) is 49.6 Å². The lowest BCUT2D eigenvalue weighted by molar-refractivity contribution is -0.134. The molecule has 0 aliphatic heterocycles. The molecule has 0 aliphatic carbocycles. The standard InChI is InChI=1S/C38H64N6O8/c1-13-16-25(15-3)21-40-35(49)31(23(6)7)43-33(47)26(17-14-2)19-29(45)27(18-22(4)5)41-34(48)28(20-30(39)46)42-36(50)32(24(8)9)44-37(51)52-38(10,11)12/h13-16,22-24,26-29,31-32,45H,1-3,17-21H2,4-12H3,(H2,39,46)(H,40,49)(H,41,48)(H,42,50)(H,43,47)(H,44,51)/b25-16+/t26-,27+,28+,29+,31+,32+/m1/s1. The molecule has 14 nitrogen and oxygen atoms in total. The molecule has 0 rings (SSSR count). The highest BCUT2D eigenvalue weighted by Crippen LogP contribution is 2.20. The van der Waals surface area contributed by atoms with Crippen molar-refractivity contribution in [3.05, 3.63) is 49.6 Å². The van der Waals surface area contributed by atoms with Gasteiger partial charge in [-0.05, 0) is 63.4 Å². The van der Waals surface area contributed by atoms with Crippen LogP contribution in [0.4, 0.5) is 4.79 Å². The van der Waals surface area contributed by atoms with E-state index in [-0.39, 0.29) is 37.6 Å². The zero-order chi connectivity index (χ0) is 40.3. The monoisotopic (exact) mass is 732 g/mol. The molecule has 0 saturated carbocycles. The van der Waals surface area contributed by atoms with Gasteiger partial charge in [0.15, 0.2) is 0 Å². The number of alkyl carbamates (subject to hydrolysis) is 1. The fourth-order valence-electron chi connectivity index (χ4n) is 5.17. The first-order chi connectivity index (χ1) is 24.1. The Labute approximate surface area is 309 Å². The van der Waals surface area contributed by atoms with E-state index >= 15 is 0 Å². The summed E-state index contributed by atoms with van der Waals surface area (Å²) in [6.45, 7) is 27.0. The van der Waals surface area contributed by atoms with Crippen LogP contribution in [-0.2, 0) is 28.7 Å². The van der Waals surface area contributed by atoms with E-state index in [0.29, 0.717) is 0 Å². The number of carbonyl (C=O) groups excluding carboxylic acids is 6. The van der Waals surface area contributed by atoms with E-state index in [4.69, 9.17) is 10.5 Å². The smallest absolute Gasteiger partial charge is 0.408 e. The summed E-state index contributed by atoms with van der Waals surface area (Å²) in [7, 11) is 0. The van der Waals surface area contributed by atoms with Crippen molar-refractivity contribution in [3.8, 4) is 0 Å². The summed E-state index contributed by atoms with van der Waals surface area (Å²) < 4.78 is 5.27. The minimum atomic E-state index is -1.44. The van der Waals surface area contributed by atoms with Crippen LogP contribution in [0, 0.1) is 23.7 Å². The number of nitrogens with two attached hydrogens (primary N) is 1. The average Bonchev–Trinajstić information content (AvgIpc) is 3.01. The number of hydrogen-bond donors (Lipinski definition) is 7. The van der Waals surface area contributed by atoms with Crippen LogP contribution >= 0.6 is 0 Å². The predicted octanol–water partition coefficient (Wildman–Crippen LogP) is 2.93. The molecule has 0 heterocycles. The lowest BCUT2D eigenvalue weighted by Gasteiger charge is -2.31. The molecule has 6 amide bonds. The second-order valence-electron chi connectivity index (χ2n) is 15.0. The normalized spacial score (nSPS) is 15.3. The molecule has 0 aromatic rings. The van der Waals surface area contributed by atoms with E-state index in [1.165, 1.54) is 6.08 Å². The minimum absolute atomic E-state index is 0.0243. The van der Waals surface area contributed by atoms with Crippen LogP contribution in [0.25, 0.3) is 0 Å². The van der Waals surface area contributed by atoms with Gasteiger partial charge in [-0.2, -0.15) is 0 Å². The van der Waals surface area contributed by atoms with Gasteiger partial charge in [0, 0.05) is 12.5 Å². The Bertz CT molecular complexity index is 1290. The molecule has 14 heteroatoms. The second-order valence-corrected chi connectivity index (χ2v) is 15.0. The van der Waals surface area contributed by atoms with E-state index in [1.807, 2.05) is 13.8 Å². The molecule has 0 radical (unpaired) electrons. The topological polar surface area (TPSA) is 218 Å². The van der Waals surface area contributed by atoms with E-state index < -0.39 is 89.8 Å². The maximum absolute atomic E-state index is 13.6. The summed E-state index contributed by atoms with van der Waals surface area (Å²) in [5.74, 6) is -4.81. The SMILES string of the molecule is C=C/C=C(\C=C)CNC(=O)[C@@H](NC(=O)[C@H](CC=C)C[C@H](O)[C@H](CC(C)C)NC(=O)[C@H](CC(N)=O)NC(=O)[C@@H](NC(=O)OC(C)(C)C)C(C)C)C(C)C. The van der Waals surface area contributed by atoms with Crippen LogP contribution < -0.4 is 32.3 Å². The van der Waals surface area contributed by atoms with Crippen molar-refractivity contribution < 1.29 is 38.6 Å². The van der Waals surface area contributed by atoms with Gasteiger partial charge < -0.3 is 42.2 Å². The number of amides is 6. The molecule has 0 aromatic heterocycles. The molecule has 0 aromatic carbocycles. The summed E-state index contributed by atoms with van der Waals surface area (Å²) in [6, 6.07) is -4.33. The molecule has 52 heavy (non-hydrogen) atoms. The summed E-state index contributed by atoms with van der Waals surface area (Å²) in [5.41, 5.74) is 5.34. The van der Waals surface area contributed by atoms with E-state index in [1.54, 1.807) is 66.7 Å². The minimum Gasteiger partial charge on any atom is -0.444 e. The lowest BCUT2D eigenvalue weighted by atomic mass is 9.89. The fourth-order valence-corrected chi connectivity index (χ4v) is 5.17. The summed E-state index contributed by atoms with van der Waals surface area (Å²) in [6.07, 6.45) is 4.10. The Kier molecular flexibility index (Phi) is 21.2. The van der Waals surface area contributed by atoms with Gasteiger partial charge >= 0.3 is 6.09 Å². The first-order valence-corrected chi connectivity index (χ1v) is 17.8. The highest BCUT2D eigenvalue weighted by molar-refractivity contribution is 5.94. The number of allylic oxidation sites excluding steroid dienone is 3. The van der Waals surface area contributed by atoms with Gasteiger partial charge in [0.2, 0.25) is 29.5 Å². The molecule has 0 unspecified atom stereocenters. The van der Waals surface area contributed by atoms with Crippen molar-refractivity contribution in [2.75, 3.05) is 6.54 Å². The third-order valence-electron chi connectivity index (χ3n) is 7.83. The zero-order valence-corrected chi connectivity index (χ0v) is 32.5. The van der Waals surface area contributed by atoms with Crippen molar-refractivity contribution in [2.24, 2.45) is 29.4 Å². The summed E-state index contributed by atoms with van der Waals surface area (Å²) in [4.78, 5) is 78.0. The maximum Gasteiger partial charge on any atom is 0.408 e. The van der Waals surface area contributed by atoms with Gasteiger partial charge in [0.05, 0.1) is 18.6 Å². The van der Waals surface area contributed by atoms with Crippen LogP contribution in [0.2, 0.25) is 0 Å². The van der Waals surface area contributed by atoms with Gasteiger partial charge in [0.1, 0.15) is 23.7 Å². The van der Waals surface area contributed by atoms with Gasteiger partial charge in [-0.1, -0.05) is 79.0 Å². The van der Waals surface area contributed by atoms with Gasteiger partial charge in [-0.25, -0.2) is 4.79 Å². The highest BCUT2D eigenvalue weighted by atomic mass is 16.6. The number of nitrogens with one attached hydrogen (secondary N) is 5. The third-order valence-corrected chi connectivity index (χ3v) is 7.83. The molecule has 0 bridgehead atoms. The van der Waals surface area contributed by atoms with Gasteiger partial charge in [-0.15, -0.1) is 6.58 Å². The molecule has 0 spiro atoms. The lowest BCUT2D eigenvalue weighted by Crippen LogP contribution is -2.58. The summed E-state index contributed by atoms with van der Waals surface area (Å²) >= 11 is 0. The average molecular weight is 733 g/mol. The highest BCUT2D eigenvalue weighted by Gasteiger charge is 2.35. The van der Waals surface area contributed by atoms with Crippen LogP contribution in [0.5, 0.6) is 0 Å². The Hall–Kier alpha value is -4.46. The predicted molar refractivity (Wildman–Crippen MR) is 202 cm³/mol. The van der Waals surface area contributed by atoms with Gasteiger partial charge in [0.25, 0.3) is 0 Å². The first-order valence-electron chi connectivity index (χ1n) is 17.8. The molecule has 6 atom stereocenters. The van der Waals surface area contributed by atoms with Gasteiger partial charge in [-0.3, -0.25) is 24.0 Å². The van der Waals surface area contributed by atoms with Crippen LogP contribution in [0.3, 0.4) is 0 Å². The molecule has 8 N–H and O–H groups in total. The van der Waals surface area contributed by atoms with Crippen molar-refractivity contribution in [1.29, 1.82) is 0 Å². The van der Waals surface area contributed by atoms with E-state index in [9.17, 15) is 33.9 Å². The van der Waals surface area contributed by atoms with Crippen molar-refractivity contribution in [2.45, 2.75) is 124 Å². The van der Waals surface area contributed by atoms with Crippen LogP contribution in [-0.4, -0.2) is 83.2 Å². The van der Waals surface area contributed by atoms with E-state index in [2.05, 4.69) is 46.3 Å². The molecule has 0 saturated heterocycles. The number of aliphatic hydroxyl groups excluding tert-OH is 1.